The van der Waals surface area contributed by atoms with Crippen LogP contribution in [0.5, 0.6) is 0 Å². The zero-order valence-electron chi connectivity index (χ0n) is 7.29. The van der Waals surface area contributed by atoms with Crippen LogP contribution in [0.2, 0.25) is 9.36 Å². The van der Waals surface area contributed by atoms with E-state index in [2.05, 4.69) is 0 Å². The van der Waals surface area contributed by atoms with Gasteiger partial charge in [-0.15, -0.1) is 11.3 Å². The largest absolute Gasteiger partial charge is 0.481 e. The Morgan fingerprint density at radius 3 is 2.13 bits per heavy atom. The Hall–Kier alpha value is -0.780. The quantitative estimate of drug-likeness (QED) is 0.879. The number of aliphatic carboxylic acids is 2. The monoisotopic (exact) mass is 268 g/mol. The first kappa shape index (κ1) is 12.3. The number of rotatable bonds is 4. The van der Waals surface area contributed by atoms with Crippen molar-refractivity contribution in [1.29, 1.82) is 0 Å². The van der Waals surface area contributed by atoms with Crippen molar-refractivity contribution >= 4 is 46.5 Å². The fourth-order valence-electron chi connectivity index (χ4n) is 1.06. The predicted molar refractivity (Wildman–Crippen MR) is 57.0 cm³/mol. The normalized spacial score (nSPS) is 10.3. The summed E-state index contributed by atoms with van der Waals surface area (Å²) in [7, 11) is 0. The van der Waals surface area contributed by atoms with Gasteiger partial charge in [0, 0.05) is 4.88 Å². The molecule has 1 aromatic rings. The van der Waals surface area contributed by atoms with Gasteiger partial charge in [-0.1, -0.05) is 23.2 Å². The summed E-state index contributed by atoms with van der Waals surface area (Å²) < 4.78 is 0.226. The van der Waals surface area contributed by atoms with E-state index in [1.165, 1.54) is 0 Å². The van der Waals surface area contributed by atoms with E-state index in [1.807, 2.05) is 0 Å². The molecule has 0 aromatic carbocycles. The lowest BCUT2D eigenvalue weighted by Crippen LogP contribution is -2.05. The molecule has 0 aliphatic carbocycles. The first-order valence-corrected chi connectivity index (χ1v) is 5.38. The van der Waals surface area contributed by atoms with Crippen molar-refractivity contribution in [2.75, 3.05) is 0 Å². The molecule has 0 fully saturated rings. The molecule has 0 radical (unpaired) electrons. The highest BCUT2D eigenvalue weighted by molar-refractivity contribution is 7.17. The Morgan fingerprint density at radius 2 is 1.67 bits per heavy atom. The van der Waals surface area contributed by atoms with Gasteiger partial charge in [0.05, 0.1) is 17.9 Å². The summed E-state index contributed by atoms with van der Waals surface area (Å²) in [4.78, 5) is 21.4. The van der Waals surface area contributed by atoms with Crippen LogP contribution in [0.25, 0.3) is 0 Å². The summed E-state index contributed by atoms with van der Waals surface area (Å²) in [6, 6.07) is 0. The number of carboxylic acid groups (broad SMARTS) is 2. The van der Waals surface area contributed by atoms with Crippen LogP contribution in [-0.4, -0.2) is 22.2 Å². The molecule has 4 nitrogen and oxygen atoms in total. The van der Waals surface area contributed by atoms with Crippen molar-refractivity contribution < 1.29 is 19.8 Å². The van der Waals surface area contributed by atoms with Crippen LogP contribution in [0, 0.1) is 0 Å². The van der Waals surface area contributed by atoms with E-state index in [0.717, 1.165) is 11.3 Å². The average molecular weight is 269 g/mol. The molecule has 0 bridgehead atoms. The van der Waals surface area contributed by atoms with Crippen LogP contribution in [0.1, 0.15) is 10.4 Å². The maximum absolute atomic E-state index is 10.5. The molecule has 0 saturated carbocycles. The van der Waals surface area contributed by atoms with Gasteiger partial charge >= 0.3 is 11.9 Å². The van der Waals surface area contributed by atoms with Crippen molar-refractivity contribution in [1.82, 2.24) is 0 Å². The summed E-state index contributed by atoms with van der Waals surface area (Å²) in [5.41, 5.74) is 0.293. The first-order chi connectivity index (χ1) is 6.91. The van der Waals surface area contributed by atoms with Gasteiger partial charge in [0.15, 0.2) is 0 Å². The second-order valence-electron chi connectivity index (χ2n) is 2.73. The molecule has 2 N–H and O–H groups in total. The van der Waals surface area contributed by atoms with Crippen molar-refractivity contribution in [2.24, 2.45) is 0 Å². The molecule has 82 valence electrons. The molecule has 0 saturated heterocycles. The standard InChI is InChI=1S/C8H6Cl2O4S/c9-7-3(1-5(11)12)4(2-6(13)14)15-8(7)10/h1-2H2,(H,11,12)(H,13,14). The van der Waals surface area contributed by atoms with E-state index < -0.39 is 11.9 Å². The zero-order valence-corrected chi connectivity index (χ0v) is 9.62. The lowest BCUT2D eigenvalue weighted by molar-refractivity contribution is -0.137. The number of carboxylic acids is 2. The van der Waals surface area contributed by atoms with Crippen LogP contribution < -0.4 is 0 Å². The molecular formula is C8H6Cl2O4S. The lowest BCUT2D eigenvalue weighted by atomic mass is 10.1. The number of halogens is 2. The molecule has 0 atom stereocenters. The summed E-state index contributed by atoms with van der Waals surface area (Å²) >= 11 is 12.5. The highest BCUT2D eigenvalue weighted by atomic mass is 35.5. The fraction of sp³-hybridized carbons (Fsp3) is 0.250. The van der Waals surface area contributed by atoms with Gasteiger partial charge in [0.25, 0.3) is 0 Å². The zero-order chi connectivity index (χ0) is 11.6. The molecule has 0 aliphatic heterocycles. The Bertz CT molecular complexity index is 413. The molecular weight excluding hydrogens is 263 g/mol. The van der Waals surface area contributed by atoms with Crippen molar-refractivity contribution in [3.05, 3.63) is 19.8 Å². The van der Waals surface area contributed by atoms with Gasteiger partial charge in [0.1, 0.15) is 4.34 Å². The van der Waals surface area contributed by atoms with Crippen LogP contribution in [0.15, 0.2) is 0 Å². The molecule has 1 heterocycles. The minimum Gasteiger partial charge on any atom is -0.481 e. The maximum Gasteiger partial charge on any atom is 0.308 e. The van der Waals surface area contributed by atoms with E-state index >= 15 is 0 Å². The third-order valence-corrected chi connectivity index (χ3v) is 3.69. The third-order valence-electron chi connectivity index (χ3n) is 1.63. The van der Waals surface area contributed by atoms with E-state index in [0.29, 0.717) is 10.4 Å². The minimum atomic E-state index is -1.07. The molecule has 15 heavy (non-hydrogen) atoms. The highest BCUT2D eigenvalue weighted by Gasteiger charge is 2.19. The van der Waals surface area contributed by atoms with Crippen LogP contribution in [0.3, 0.4) is 0 Å². The van der Waals surface area contributed by atoms with Gasteiger partial charge in [-0.05, 0) is 5.56 Å². The molecule has 0 amide bonds. The molecule has 0 aliphatic rings. The average Bonchev–Trinajstić information content (AvgIpc) is 2.31. The lowest BCUT2D eigenvalue weighted by Gasteiger charge is -1.98. The van der Waals surface area contributed by atoms with Gasteiger partial charge in [-0.25, -0.2) is 0 Å². The first-order valence-electron chi connectivity index (χ1n) is 3.81. The molecule has 0 unspecified atom stereocenters. The van der Waals surface area contributed by atoms with Gasteiger partial charge in [-0.2, -0.15) is 0 Å². The second kappa shape index (κ2) is 4.83. The maximum atomic E-state index is 10.5. The van der Waals surface area contributed by atoms with Crippen LogP contribution in [-0.2, 0) is 22.4 Å². The second-order valence-corrected chi connectivity index (χ2v) is 4.82. The number of carbonyl (C=O) groups is 2. The minimum absolute atomic E-state index is 0.139. The Labute approximate surface area is 99.0 Å². The number of thiophene rings is 1. The van der Waals surface area contributed by atoms with E-state index in [4.69, 9.17) is 33.4 Å². The highest BCUT2D eigenvalue weighted by Crippen LogP contribution is 2.37. The SMILES string of the molecule is O=C(O)Cc1sc(Cl)c(Cl)c1CC(=O)O. The van der Waals surface area contributed by atoms with E-state index in [-0.39, 0.29) is 22.2 Å². The molecule has 0 spiro atoms. The van der Waals surface area contributed by atoms with Crippen molar-refractivity contribution in [3.8, 4) is 0 Å². The van der Waals surface area contributed by atoms with Gasteiger partial charge < -0.3 is 10.2 Å². The topological polar surface area (TPSA) is 74.6 Å². The molecule has 1 rings (SSSR count). The van der Waals surface area contributed by atoms with Crippen molar-refractivity contribution in [3.63, 3.8) is 0 Å². The number of hydrogen-bond donors (Lipinski definition) is 2. The van der Waals surface area contributed by atoms with Gasteiger partial charge in [-0.3, -0.25) is 9.59 Å². The van der Waals surface area contributed by atoms with Crippen LogP contribution in [0.4, 0.5) is 0 Å². The Kier molecular flexibility index (Phi) is 3.96. The summed E-state index contributed by atoms with van der Waals surface area (Å²) in [5, 5.41) is 17.4. The van der Waals surface area contributed by atoms with Gasteiger partial charge in [0.2, 0.25) is 0 Å². The predicted octanol–water partition coefficient (Wildman–Crippen LogP) is 2.31. The summed E-state index contributed by atoms with van der Waals surface area (Å²) in [6.07, 6.45) is -0.579. The van der Waals surface area contributed by atoms with E-state index in [1.54, 1.807) is 0 Å². The Balaban J connectivity index is 3.08. The molecule has 7 heteroatoms. The molecule has 1 aromatic heterocycles. The summed E-state index contributed by atoms with van der Waals surface area (Å²) in [5.74, 6) is -2.12. The summed E-state index contributed by atoms with van der Waals surface area (Å²) in [6.45, 7) is 0. The smallest absolute Gasteiger partial charge is 0.308 e. The van der Waals surface area contributed by atoms with E-state index in [9.17, 15) is 9.59 Å². The van der Waals surface area contributed by atoms with Crippen molar-refractivity contribution in [2.45, 2.75) is 12.8 Å². The van der Waals surface area contributed by atoms with Crippen LogP contribution >= 0.6 is 34.5 Å². The third kappa shape index (κ3) is 3.09. The Morgan fingerprint density at radius 1 is 1.13 bits per heavy atom. The number of hydrogen-bond acceptors (Lipinski definition) is 3. The fourth-order valence-corrected chi connectivity index (χ4v) is 2.73.